The minimum atomic E-state index is -0.105. The lowest BCUT2D eigenvalue weighted by Crippen LogP contribution is -2.75. The summed E-state index contributed by atoms with van der Waals surface area (Å²) in [5.74, 6) is 0.417. The fourth-order valence-corrected chi connectivity index (χ4v) is 4.31. The van der Waals surface area contributed by atoms with Gasteiger partial charge in [0.2, 0.25) is 0 Å². The van der Waals surface area contributed by atoms with Crippen LogP contribution in [0.5, 0.6) is 0 Å². The SMILES string of the molecule is CC1(C)[C@@]2(C#N)C[C@H]3C[C@]1(C)[C@@H]2C=N3. The molecule has 3 aliphatic carbocycles. The molecule has 3 saturated carbocycles. The third-order valence-electron chi connectivity index (χ3n) is 5.62. The van der Waals surface area contributed by atoms with E-state index in [0.717, 1.165) is 6.42 Å². The maximum atomic E-state index is 9.45. The second-order valence-corrected chi connectivity index (χ2v) is 5.96. The van der Waals surface area contributed by atoms with Gasteiger partial charge in [-0.2, -0.15) is 5.26 Å². The van der Waals surface area contributed by atoms with Crippen LogP contribution in [0.4, 0.5) is 0 Å². The second-order valence-electron chi connectivity index (χ2n) is 5.96. The van der Waals surface area contributed by atoms with Crippen LogP contribution in [0.3, 0.4) is 0 Å². The lowest BCUT2D eigenvalue weighted by Gasteiger charge is -2.75. The molecule has 0 N–H and O–H groups in total. The van der Waals surface area contributed by atoms with Gasteiger partial charge in [-0.15, -0.1) is 0 Å². The van der Waals surface area contributed by atoms with Crippen LogP contribution in [-0.4, -0.2) is 12.3 Å². The van der Waals surface area contributed by atoms with E-state index in [-0.39, 0.29) is 10.8 Å². The highest BCUT2D eigenvalue weighted by Gasteiger charge is 2.77. The van der Waals surface area contributed by atoms with Gasteiger partial charge in [0, 0.05) is 12.1 Å². The molecule has 0 aromatic heterocycles. The lowest BCUT2D eigenvalue weighted by atomic mass is 9.27. The highest BCUT2D eigenvalue weighted by molar-refractivity contribution is 5.71. The molecule has 4 bridgehead atoms. The number of nitrogens with zero attached hydrogens (tertiary/aromatic N) is 2. The average Bonchev–Trinajstić information content (AvgIpc) is 2.16. The summed E-state index contributed by atoms with van der Waals surface area (Å²) in [6, 6.07) is 3.03. The Kier molecular flexibility index (Phi) is 1.16. The van der Waals surface area contributed by atoms with Gasteiger partial charge in [-0.3, -0.25) is 4.99 Å². The van der Waals surface area contributed by atoms with Gasteiger partial charge in [-0.1, -0.05) is 20.8 Å². The maximum Gasteiger partial charge on any atom is 0.0733 e. The Labute approximate surface area is 85.0 Å². The molecule has 0 radical (unpaired) electrons. The van der Waals surface area contributed by atoms with Gasteiger partial charge in [-0.05, 0) is 23.7 Å². The molecule has 2 aliphatic heterocycles. The summed E-state index contributed by atoms with van der Waals surface area (Å²) in [6.45, 7) is 6.87. The fraction of sp³-hybridized carbons (Fsp3) is 0.833. The molecule has 2 heterocycles. The van der Waals surface area contributed by atoms with Gasteiger partial charge < -0.3 is 0 Å². The first kappa shape index (κ1) is 8.47. The van der Waals surface area contributed by atoms with Crippen LogP contribution in [0.25, 0.3) is 0 Å². The first-order valence-electron chi connectivity index (χ1n) is 5.42. The summed E-state index contributed by atoms with van der Waals surface area (Å²) >= 11 is 0. The van der Waals surface area contributed by atoms with Gasteiger partial charge in [-0.25, -0.2) is 0 Å². The van der Waals surface area contributed by atoms with Crippen molar-refractivity contribution in [3.63, 3.8) is 0 Å². The Morgan fingerprint density at radius 2 is 2.07 bits per heavy atom. The minimum Gasteiger partial charge on any atom is -0.294 e. The van der Waals surface area contributed by atoms with Crippen molar-refractivity contribution < 1.29 is 0 Å². The van der Waals surface area contributed by atoms with Crippen LogP contribution in [0, 0.1) is 33.5 Å². The maximum absolute atomic E-state index is 9.45. The molecule has 0 aromatic rings. The molecule has 0 saturated heterocycles. The van der Waals surface area contributed by atoms with Crippen LogP contribution < -0.4 is 0 Å². The Hall–Kier alpha value is -0.840. The van der Waals surface area contributed by atoms with Gasteiger partial charge in [0.05, 0.1) is 17.5 Å². The molecule has 14 heavy (non-hydrogen) atoms. The standard InChI is InChI=1S/C12H16N2/c1-10(2)11(3)4-8-5-12(10,7-13)9(11)6-14-8/h6,8-9H,4-5H2,1-3H3/t8-,9+,11-,12-/m1/s1. The summed E-state index contributed by atoms with van der Waals surface area (Å²) in [5.41, 5.74) is 0.391. The second kappa shape index (κ2) is 1.91. The van der Waals surface area contributed by atoms with Crippen molar-refractivity contribution in [1.82, 2.24) is 0 Å². The Morgan fingerprint density at radius 3 is 2.57 bits per heavy atom. The molecule has 0 aromatic carbocycles. The molecule has 2 heteroatoms. The van der Waals surface area contributed by atoms with Gasteiger partial charge in [0.25, 0.3) is 0 Å². The topological polar surface area (TPSA) is 36.1 Å². The van der Waals surface area contributed by atoms with Crippen LogP contribution in [0.2, 0.25) is 0 Å². The van der Waals surface area contributed by atoms with Crippen LogP contribution in [0.15, 0.2) is 4.99 Å². The van der Waals surface area contributed by atoms with Crippen LogP contribution in [-0.2, 0) is 0 Å². The first-order valence-corrected chi connectivity index (χ1v) is 5.42. The zero-order chi connectivity index (χ0) is 10.2. The number of rotatable bonds is 0. The monoisotopic (exact) mass is 188 g/mol. The molecule has 0 unspecified atom stereocenters. The average molecular weight is 188 g/mol. The van der Waals surface area contributed by atoms with Crippen LogP contribution >= 0.6 is 0 Å². The summed E-state index contributed by atoms with van der Waals surface area (Å²) < 4.78 is 0. The fourth-order valence-electron chi connectivity index (χ4n) is 4.31. The third-order valence-corrected chi connectivity index (χ3v) is 5.62. The van der Waals surface area contributed by atoms with Gasteiger partial charge >= 0.3 is 0 Å². The molecule has 5 rings (SSSR count). The van der Waals surface area contributed by atoms with Crippen molar-refractivity contribution in [3.8, 4) is 6.07 Å². The lowest BCUT2D eigenvalue weighted by molar-refractivity contribution is -0.238. The van der Waals surface area contributed by atoms with Crippen molar-refractivity contribution >= 4 is 6.21 Å². The van der Waals surface area contributed by atoms with E-state index in [2.05, 4.69) is 38.0 Å². The van der Waals surface area contributed by atoms with E-state index in [0.29, 0.717) is 17.4 Å². The zero-order valence-electron chi connectivity index (χ0n) is 9.04. The Balaban J connectivity index is 2.20. The van der Waals surface area contributed by atoms with Crippen molar-refractivity contribution in [2.24, 2.45) is 27.2 Å². The van der Waals surface area contributed by atoms with E-state index in [4.69, 9.17) is 0 Å². The van der Waals surface area contributed by atoms with E-state index >= 15 is 0 Å². The molecular weight excluding hydrogens is 172 g/mol. The normalized spacial score (nSPS) is 56.4. The van der Waals surface area contributed by atoms with Crippen molar-refractivity contribution in [2.45, 2.75) is 39.7 Å². The highest BCUT2D eigenvalue weighted by atomic mass is 14.9. The Morgan fingerprint density at radius 1 is 1.36 bits per heavy atom. The van der Waals surface area contributed by atoms with E-state index in [1.54, 1.807) is 0 Å². The van der Waals surface area contributed by atoms with Crippen molar-refractivity contribution in [2.75, 3.05) is 0 Å². The van der Waals surface area contributed by atoms with Crippen molar-refractivity contribution in [3.05, 3.63) is 0 Å². The molecule has 0 spiro atoms. The summed E-state index contributed by atoms with van der Waals surface area (Å²) in [7, 11) is 0. The quantitative estimate of drug-likeness (QED) is 0.575. The highest BCUT2D eigenvalue weighted by Crippen LogP contribution is 2.78. The van der Waals surface area contributed by atoms with Gasteiger partial charge in [0.1, 0.15) is 0 Å². The first-order chi connectivity index (χ1) is 6.48. The predicted octanol–water partition coefficient (Wildman–Crippen LogP) is 2.41. The zero-order valence-corrected chi connectivity index (χ0v) is 9.04. The molecule has 74 valence electrons. The molecule has 3 fully saturated rings. The van der Waals surface area contributed by atoms with Crippen molar-refractivity contribution in [1.29, 1.82) is 5.26 Å². The van der Waals surface area contributed by atoms with Crippen LogP contribution in [0.1, 0.15) is 33.6 Å². The number of hydrogen-bond acceptors (Lipinski definition) is 2. The summed E-state index contributed by atoms with van der Waals surface area (Å²) in [6.07, 6.45) is 4.25. The number of nitriles is 1. The predicted molar refractivity (Wildman–Crippen MR) is 54.9 cm³/mol. The van der Waals surface area contributed by atoms with E-state index < -0.39 is 0 Å². The van der Waals surface area contributed by atoms with E-state index in [1.807, 2.05) is 0 Å². The molecule has 0 amide bonds. The molecule has 2 nitrogen and oxygen atoms in total. The Bertz CT molecular complexity index is 376. The molecule has 4 atom stereocenters. The smallest absolute Gasteiger partial charge is 0.0733 e. The number of aliphatic imine (C=N–C) groups is 1. The van der Waals surface area contributed by atoms with E-state index in [9.17, 15) is 5.26 Å². The third kappa shape index (κ3) is 0.518. The van der Waals surface area contributed by atoms with Gasteiger partial charge in [0.15, 0.2) is 0 Å². The minimum absolute atomic E-state index is 0.105. The number of hydrogen-bond donors (Lipinski definition) is 0. The molecular formula is C12H16N2. The van der Waals surface area contributed by atoms with E-state index in [1.165, 1.54) is 6.42 Å². The summed E-state index contributed by atoms with van der Waals surface area (Å²) in [5, 5.41) is 9.45. The summed E-state index contributed by atoms with van der Waals surface area (Å²) in [4.78, 5) is 4.51. The largest absolute Gasteiger partial charge is 0.294 e. The molecule has 5 aliphatic rings.